The van der Waals surface area contributed by atoms with Gasteiger partial charge < -0.3 is 16.0 Å². The molecule has 0 radical (unpaired) electrons. The summed E-state index contributed by atoms with van der Waals surface area (Å²) >= 11 is 0. The lowest BCUT2D eigenvalue weighted by Gasteiger charge is -2.20. The monoisotopic (exact) mass is 331 g/mol. The van der Waals surface area contributed by atoms with Crippen LogP contribution in [-0.4, -0.2) is 24.9 Å². The van der Waals surface area contributed by atoms with Gasteiger partial charge in [-0.05, 0) is 36.9 Å². The Morgan fingerprint density at radius 1 is 1.08 bits per heavy atom. The van der Waals surface area contributed by atoms with Crippen LogP contribution in [0.3, 0.4) is 0 Å². The van der Waals surface area contributed by atoms with Crippen LogP contribution >= 0.6 is 0 Å². The van der Waals surface area contributed by atoms with Gasteiger partial charge in [0.1, 0.15) is 0 Å². The number of hydrogen-bond acceptors (Lipinski definition) is 3. The lowest BCUT2D eigenvalue weighted by molar-refractivity contribution is -0.125. The smallest absolute Gasteiger partial charge is 0.243 e. The molecule has 5 nitrogen and oxygen atoms in total. The molecule has 1 fully saturated rings. The second kappa shape index (κ2) is 10.1. The van der Waals surface area contributed by atoms with Crippen molar-refractivity contribution in [3.63, 3.8) is 0 Å². The molecule has 1 aliphatic carbocycles. The van der Waals surface area contributed by atoms with Crippen molar-refractivity contribution in [3.05, 3.63) is 29.8 Å². The van der Waals surface area contributed by atoms with Crippen LogP contribution in [0.5, 0.6) is 0 Å². The van der Waals surface area contributed by atoms with Crippen LogP contribution in [0.15, 0.2) is 24.3 Å². The first-order chi connectivity index (χ1) is 11.7. The molecule has 2 amide bonds. The number of carbonyl (C=O) groups is 2. The van der Waals surface area contributed by atoms with E-state index in [0.717, 1.165) is 30.6 Å². The zero-order valence-electron chi connectivity index (χ0n) is 14.6. The summed E-state index contributed by atoms with van der Waals surface area (Å²) in [4.78, 5) is 24.1. The van der Waals surface area contributed by atoms with E-state index in [9.17, 15) is 9.59 Å². The van der Waals surface area contributed by atoms with Gasteiger partial charge in [-0.1, -0.05) is 44.4 Å². The first-order valence-corrected chi connectivity index (χ1v) is 9.04. The molecule has 0 spiro atoms. The van der Waals surface area contributed by atoms with Gasteiger partial charge in [-0.2, -0.15) is 0 Å². The highest BCUT2D eigenvalue weighted by atomic mass is 16.2. The minimum absolute atomic E-state index is 0.0158. The Labute approximate surface area is 144 Å². The van der Waals surface area contributed by atoms with Gasteiger partial charge in [0, 0.05) is 18.7 Å². The van der Waals surface area contributed by atoms with Gasteiger partial charge in [0.15, 0.2) is 0 Å². The van der Waals surface area contributed by atoms with E-state index in [4.69, 9.17) is 0 Å². The molecular formula is C19H29N3O2. The van der Waals surface area contributed by atoms with Crippen molar-refractivity contribution >= 4 is 17.5 Å². The quantitative estimate of drug-likeness (QED) is 0.686. The molecule has 2 rings (SSSR count). The van der Waals surface area contributed by atoms with Gasteiger partial charge in [-0.3, -0.25) is 9.59 Å². The first kappa shape index (κ1) is 18.5. The minimum atomic E-state index is -0.184. The molecule has 0 unspecified atom stereocenters. The molecule has 1 aromatic carbocycles. The fraction of sp³-hybridized carbons (Fsp3) is 0.579. The molecule has 0 bridgehead atoms. The van der Waals surface area contributed by atoms with Crippen molar-refractivity contribution in [3.8, 4) is 0 Å². The average molecular weight is 331 g/mol. The lowest BCUT2D eigenvalue weighted by atomic mass is 9.87. The van der Waals surface area contributed by atoms with Crippen LogP contribution in [0, 0.1) is 5.92 Å². The molecule has 0 heterocycles. The van der Waals surface area contributed by atoms with E-state index in [1.807, 2.05) is 31.2 Å². The van der Waals surface area contributed by atoms with E-state index in [2.05, 4.69) is 16.0 Å². The largest absolute Gasteiger partial charge is 0.347 e. The predicted octanol–water partition coefficient (Wildman–Crippen LogP) is 2.82. The van der Waals surface area contributed by atoms with Gasteiger partial charge in [0.05, 0.1) is 6.54 Å². The van der Waals surface area contributed by atoms with Crippen LogP contribution in [0.2, 0.25) is 0 Å². The summed E-state index contributed by atoms with van der Waals surface area (Å²) in [5.41, 5.74) is 1.84. The zero-order chi connectivity index (χ0) is 17.2. The molecule has 1 saturated carbocycles. The van der Waals surface area contributed by atoms with E-state index in [1.54, 1.807) is 0 Å². The Balaban J connectivity index is 1.75. The Morgan fingerprint density at radius 2 is 1.83 bits per heavy atom. The Morgan fingerprint density at radius 3 is 2.58 bits per heavy atom. The summed E-state index contributed by atoms with van der Waals surface area (Å²) in [7, 11) is 0. The molecule has 0 atom stereocenters. The normalized spacial score (nSPS) is 15.0. The van der Waals surface area contributed by atoms with Gasteiger partial charge >= 0.3 is 0 Å². The van der Waals surface area contributed by atoms with Crippen LogP contribution in [0.25, 0.3) is 0 Å². The molecule has 3 N–H and O–H groups in total. The third-order valence-corrected chi connectivity index (χ3v) is 4.50. The second-order valence-electron chi connectivity index (χ2n) is 6.47. The number of anilines is 1. The third-order valence-electron chi connectivity index (χ3n) is 4.50. The zero-order valence-corrected chi connectivity index (χ0v) is 14.6. The fourth-order valence-corrected chi connectivity index (χ4v) is 3.15. The number of nitrogens with one attached hydrogen (secondary N) is 3. The van der Waals surface area contributed by atoms with Crippen molar-refractivity contribution in [2.24, 2.45) is 5.92 Å². The van der Waals surface area contributed by atoms with E-state index in [1.165, 1.54) is 19.3 Å². The maximum Gasteiger partial charge on any atom is 0.243 e. The highest BCUT2D eigenvalue weighted by Gasteiger charge is 2.17. The second-order valence-corrected chi connectivity index (χ2v) is 6.47. The molecule has 1 aromatic rings. The van der Waals surface area contributed by atoms with Crippen LogP contribution in [0.1, 0.15) is 51.0 Å². The predicted molar refractivity (Wildman–Crippen MR) is 96.7 cm³/mol. The number of rotatable bonds is 8. The molecule has 0 aliphatic heterocycles. The summed E-state index contributed by atoms with van der Waals surface area (Å²) in [6, 6.07) is 7.72. The topological polar surface area (TPSA) is 70.2 Å². The van der Waals surface area contributed by atoms with Crippen molar-refractivity contribution in [1.82, 2.24) is 10.6 Å². The Kier molecular flexibility index (Phi) is 7.75. The SMILES string of the molecule is CCNCc1ccccc1NC(=O)CNC(=O)CC1CCCCC1. The van der Waals surface area contributed by atoms with Gasteiger partial charge in [0.2, 0.25) is 11.8 Å². The summed E-state index contributed by atoms with van der Waals surface area (Å²) < 4.78 is 0. The Hall–Kier alpha value is -1.88. The van der Waals surface area contributed by atoms with Crippen molar-refractivity contribution in [2.75, 3.05) is 18.4 Å². The lowest BCUT2D eigenvalue weighted by Crippen LogP contribution is -2.34. The highest BCUT2D eigenvalue weighted by Crippen LogP contribution is 2.26. The maximum atomic E-state index is 12.1. The van der Waals surface area contributed by atoms with Gasteiger partial charge in [-0.25, -0.2) is 0 Å². The van der Waals surface area contributed by atoms with Crippen LogP contribution in [0.4, 0.5) is 5.69 Å². The average Bonchev–Trinajstić information content (AvgIpc) is 2.60. The summed E-state index contributed by atoms with van der Waals surface area (Å²) in [5.74, 6) is 0.289. The number of hydrogen-bond donors (Lipinski definition) is 3. The fourth-order valence-electron chi connectivity index (χ4n) is 3.15. The summed E-state index contributed by atoms with van der Waals surface area (Å²) in [5, 5.41) is 8.88. The Bertz CT molecular complexity index is 539. The highest BCUT2D eigenvalue weighted by molar-refractivity contribution is 5.95. The summed E-state index contributed by atoms with van der Waals surface area (Å²) in [6.45, 7) is 3.66. The molecule has 0 aromatic heterocycles. The van der Waals surface area contributed by atoms with Gasteiger partial charge in [-0.15, -0.1) is 0 Å². The molecular weight excluding hydrogens is 302 g/mol. The van der Waals surface area contributed by atoms with Crippen LogP contribution in [-0.2, 0) is 16.1 Å². The maximum absolute atomic E-state index is 12.1. The number of para-hydroxylation sites is 1. The number of benzene rings is 1. The number of amides is 2. The van der Waals surface area contributed by atoms with E-state index >= 15 is 0 Å². The van der Waals surface area contributed by atoms with Crippen molar-refractivity contribution in [2.45, 2.75) is 52.0 Å². The molecule has 0 saturated heterocycles. The van der Waals surface area contributed by atoms with Crippen molar-refractivity contribution < 1.29 is 9.59 Å². The van der Waals surface area contributed by atoms with Crippen molar-refractivity contribution in [1.29, 1.82) is 0 Å². The molecule has 1 aliphatic rings. The van der Waals surface area contributed by atoms with E-state index < -0.39 is 0 Å². The van der Waals surface area contributed by atoms with E-state index in [0.29, 0.717) is 18.9 Å². The van der Waals surface area contributed by atoms with Gasteiger partial charge in [0.25, 0.3) is 0 Å². The van der Waals surface area contributed by atoms with E-state index in [-0.39, 0.29) is 18.4 Å². The molecule has 5 heteroatoms. The van der Waals surface area contributed by atoms with Crippen LogP contribution < -0.4 is 16.0 Å². The number of carbonyl (C=O) groups excluding carboxylic acids is 2. The minimum Gasteiger partial charge on any atom is -0.347 e. The first-order valence-electron chi connectivity index (χ1n) is 9.04. The molecule has 132 valence electrons. The summed E-state index contributed by atoms with van der Waals surface area (Å²) in [6.07, 6.45) is 6.55. The molecule has 24 heavy (non-hydrogen) atoms. The third kappa shape index (κ3) is 6.32. The standard InChI is InChI=1S/C19H29N3O2/c1-2-20-13-16-10-6-7-11-17(16)22-19(24)14-21-18(23)12-15-8-4-3-5-9-15/h6-7,10-11,15,20H,2-5,8-9,12-14H2,1H3,(H,21,23)(H,22,24).